The number of aliphatic carboxylic acids is 1. The molecule has 0 aromatic rings. The minimum Gasteiger partial charge on any atom is -0.478 e. The Bertz CT molecular complexity index is 294. The first-order valence-electron chi connectivity index (χ1n) is 7.83. The zero-order valence-electron chi connectivity index (χ0n) is 14.9. The van der Waals surface area contributed by atoms with E-state index in [1.165, 1.54) is 6.92 Å². The van der Waals surface area contributed by atoms with Gasteiger partial charge in [-0.15, -0.1) is 0 Å². The second-order valence-corrected chi connectivity index (χ2v) is 5.29. The summed E-state index contributed by atoms with van der Waals surface area (Å²) in [4.78, 5) is 9.60. The van der Waals surface area contributed by atoms with Crippen LogP contribution in [0.2, 0.25) is 0 Å². The highest BCUT2D eigenvalue weighted by Gasteiger charge is 2.05. The largest absolute Gasteiger partial charge is 0.478 e. The third-order valence-corrected chi connectivity index (χ3v) is 2.23. The van der Waals surface area contributed by atoms with Gasteiger partial charge in [0, 0.05) is 5.57 Å². The monoisotopic (exact) mass is 352 g/mol. The van der Waals surface area contributed by atoms with E-state index in [1.807, 2.05) is 13.8 Å². The Morgan fingerprint density at radius 1 is 1.00 bits per heavy atom. The van der Waals surface area contributed by atoms with Gasteiger partial charge in [-0.05, 0) is 12.8 Å². The molecular weight excluding hydrogens is 320 g/mol. The van der Waals surface area contributed by atoms with Gasteiger partial charge in [-0.25, -0.2) is 4.79 Å². The van der Waals surface area contributed by atoms with Gasteiger partial charge in [-0.2, -0.15) is 0 Å². The van der Waals surface area contributed by atoms with Crippen molar-refractivity contribution < 1.29 is 39.1 Å². The van der Waals surface area contributed by atoms with E-state index in [2.05, 4.69) is 6.58 Å². The number of carboxylic acids is 1. The van der Waals surface area contributed by atoms with Gasteiger partial charge < -0.3 is 34.3 Å². The molecule has 0 spiro atoms. The molecule has 0 aromatic heterocycles. The van der Waals surface area contributed by atoms with Crippen LogP contribution in [-0.4, -0.2) is 80.4 Å². The summed E-state index contributed by atoms with van der Waals surface area (Å²) in [5.41, 5.74) is 0.176. The Kier molecular flexibility index (Phi) is 19.2. The summed E-state index contributed by atoms with van der Waals surface area (Å²) in [7, 11) is 0. The van der Waals surface area contributed by atoms with Gasteiger partial charge in [0.25, 0.3) is 0 Å². The van der Waals surface area contributed by atoms with Crippen molar-refractivity contribution in [1.29, 1.82) is 0 Å². The normalized spacial score (nSPS) is 11.8. The SMILES string of the molecule is C=C(C)C(=O)O.CC(C)COC(O)COCCOCCOCCO. The van der Waals surface area contributed by atoms with Gasteiger partial charge in [-0.1, -0.05) is 20.4 Å². The zero-order valence-corrected chi connectivity index (χ0v) is 14.9. The molecule has 0 radical (unpaired) electrons. The van der Waals surface area contributed by atoms with Crippen molar-refractivity contribution in [1.82, 2.24) is 0 Å². The van der Waals surface area contributed by atoms with Crippen LogP contribution in [0.4, 0.5) is 0 Å². The number of hydrogen-bond donors (Lipinski definition) is 3. The highest BCUT2D eigenvalue weighted by molar-refractivity contribution is 5.84. The lowest BCUT2D eigenvalue weighted by Crippen LogP contribution is -2.22. The number of hydrogen-bond acceptors (Lipinski definition) is 7. The molecule has 144 valence electrons. The van der Waals surface area contributed by atoms with Crippen molar-refractivity contribution in [2.45, 2.75) is 27.1 Å². The molecule has 24 heavy (non-hydrogen) atoms. The molecule has 0 saturated carbocycles. The Balaban J connectivity index is 0. The fourth-order valence-corrected chi connectivity index (χ4v) is 1.04. The van der Waals surface area contributed by atoms with Crippen molar-refractivity contribution in [3.05, 3.63) is 12.2 Å². The summed E-state index contributed by atoms with van der Waals surface area (Å²) in [5.74, 6) is -0.545. The minimum atomic E-state index is -0.935. The second kappa shape index (κ2) is 18.3. The van der Waals surface area contributed by atoms with Crippen LogP contribution < -0.4 is 0 Å². The third-order valence-electron chi connectivity index (χ3n) is 2.23. The Morgan fingerprint density at radius 3 is 1.88 bits per heavy atom. The van der Waals surface area contributed by atoms with E-state index in [4.69, 9.17) is 29.2 Å². The van der Waals surface area contributed by atoms with E-state index >= 15 is 0 Å². The van der Waals surface area contributed by atoms with Crippen LogP contribution in [0.5, 0.6) is 0 Å². The molecule has 0 bridgehead atoms. The van der Waals surface area contributed by atoms with E-state index in [-0.39, 0.29) is 18.8 Å². The van der Waals surface area contributed by atoms with Gasteiger partial charge in [-0.3, -0.25) is 0 Å². The van der Waals surface area contributed by atoms with E-state index < -0.39 is 12.3 Å². The van der Waals surface area contributed by atoms with Crippen molar-refractivity contribution in [3.63, 3.8) is 0 Å². The molecule has 8 heteroatoms. The van der Waals surface area contributed by atoms with Crippen molar-refractivity contribution in [2.24, 2.45) is 5.92 Å². The molecule has 0 rings (SSSR count). The van der Waals surface area contributed by atoms with Crippen LogP contribution >= 0.6 is 0 Å². The van der Waals surface area contributed by atoms with E-state index in [0.717, 1.165) is 0 Å². The zero-order chi connectivity index (χ0) is 18.8. The van der Waals surface area contributed by atoms with Crippen LogP contribution in [0.25, 0.3) is 0 Å². The minimum absolute atomic E-state index is 0.0252. The second-order valence-electron chi connectivity index (χ2n) is 5.29. The molecule has 0 heterocycles. The molecule has 8 nitrogen and oxygen atoms in total. The van der Waals surface area contributed by atoms with Gasteiger partial charge in [0.15, 0.2) is 6.29 Å². The van der Waals surface area contributed by atoms with Gasteiger partial charge in [0.05, 0.1) is 52.9 Å². The highest BCUT2D eigenvalue weighted by atomic mass is 16.6. The maximum Gasteiger partial charge on any atom is 0.330 e. The number of rotatable bonds is 14. The lowest BCUT2D eigenvalue weighted by molar-refractivity contribution is -0.146. The molecule has 3 N–H and O–H groups in total. The molecule has 0 saturated heterocycles. The van der Waals surface area contributed by atoms with Crippen molar-refractivity contribution in [3.8, 4) is 0 Å². The Labute approximate surface area is 144 Å². The van der Waals surface area contributed by atoms with Gasteiger partial charge >= 0.3 is 5.97 Å². The first kappa shape index (κ1) is 25.2. The predicted octanol–water partition coefficient (Wildman–Crippen LogP) is 0.667. The van der Waals surface area contributed by atoms with Crippen molar-refractivity contribution >= 4 is 5.97 Å². The van der Waals surface area contributed by atoms with Crippen LogP contribution in [0, 0.1) is 5.92 Å². The van der Waals surface area contributed by atoms with Crippen LogP contribution in [0.3, 0.4) is 0 Å². The predicted molar refractivity (Wildman–Crippen MR) is 88.8 cm³/mol. The van der Waals surface area contributed by atoms with E-state index in [9.17, 15) is 9.90 Å². The summed E-state index contributed by atoms with van der Waals surface area (Å²) < 4.78 is 20.5. The smallest absolute Gasteiger partial charge is 0.330 e. The van der Waals surface area contributed by atoms with Gasteiger partial charge in [0.1, 0.15) is 0 Å². The first-order valence-corrected chi connectivity index (χ1v) is 7.83. The summed E-state index contributed by atoms with van der Waals surface area (Å²) in [6.07, 6.45) is -0.875. The third kappa shape index (κ3) is 23.2. The fourth-order valence-electron chi connectivity index (χ4n) is 1.04. The van der Waals surface area contributed by atoms with Crippen LogP contribution in [0.1, 0.15) is 20.8 Å². The fraction of sp³-hybridized carbons (Fsp3) is 0.812. The van der Waals surface area contributed by atoms with E-state index in [0.29, 0.717) is 45.6 Å². The summed E-state index contributed by atoms with van der Waals surface area (Å²) in [5, 5.41) is 25.7. The first-order chi connectivity index (χ1) is 11.3. The maximum atomic E-state index is 9.60. The summed E-state index contributed by atoms with van der Waals surface area (Å²) >= 11 is 0. The molecule has 0 amide bonds. The number of carbonyl (C=O) groups is 1. The Morgan fingerprint density at radius 2 is 1.46 bits per heavy atom. The Hall–Kier alpha value is -1.03. The molecule has 1 unspecified atom stereocenters. The molecule has 0 aliphatic rings. The topological polar surface area (TPSA) is 115 Å². The highest BCUT2D eigenvalue weighted by Crippen LogP contribution is 1.96. The molecule has 0 aromatic carbocycles. The van der Waals surface area contributed by atoms with Crippen LogP contribution in [0.15, 0.2) is 12.2 Å². The molecule has 0 aliphatic heterocycles. The lowest BCUT2D eigenvalue weighted by atomic mass is 10.2. The standard InChI is InChI=1S/C12H26O6.C4H6O2/c1-11(2)9-18-12(14)10-17-8-7-16-6-5-15-4-3-13;1-3(2)4(5)6/h11-14H,3-10H2,1-2H3;1H2,2H3,(H,5,6). The van der Waals surface area contributed by atoms with Gasteiger partial charge in [0.2, 0.25) is 0 Å². The molecule has 0 aliphatic carbocycles. The average Bonchev–Trinajstić information content (AvgIpc) is 2.51. The number of ether oxygens (including phenoxy) is 4. The number of aliphatic hydroxyl groups is 2. The quantitative estimate of drug-likeness (QED) is 0.237. The summed E-state index contributed by atoms with van der Waals surface area (Å²) in [6, 6.07) is 0. The molecular formula is C16H32O8. The number of carboxylic acid groups (broad SMARTS) is 1. The molecule has 0 fully saturated rings. The summed E-state index contributed by atoms with van der Waals surface area (Å²) in [6.45, 7) is 11.4. The maximum absolute atomic E-state index is 9.60. The van der Waals surface area contributed by atoms with Crippen LogP contribution in [-0.2, 0) is 23.7 Å². The average molecular weight is 352 g/mol. The lowest BCUT2D eigenvalue weighted by Gasteiger charge is -2.14. The number of aliphatic hydroxyl groups excluding tert-OH is 2. The molecule has 1 atom stereocenters. The van der Waals surface area contributed by atoms with E-state index in [1.54, 1.807) is 0 Å². The van der Waals surface area contributed by atoms with Crippen molar-refractivity contribution in [2.75, 3.05) is 52.9 Å².